The molecule has 2 rings (SSSR count). The summed E-state index contributed by atoms with van der Waals surface area (Å²) in [5, 5.41) is 3.51. The fourth-order valence-electron chi connectivity index (χ4n) is 2.02. The van der Waals surface area contributed by atoms with Gasteiger partial charge in [0.25, 0.3) is 0 Å². The van der Waals surface area contributed by atoms with Crippen LogP contribution >= 0.6 is 0 Å². The first-order valence-electron chi connectivity index (χ1n) is 7.42. The Morgan fingerprint density at radius 1 is 1.04 bits per heavy atom. The van der Waals surface area contributed by atoms with Crippen molar-refractivity contribution in [2.75, 3.05) is 6.61 Å². The fraction of sp³-hybridized carbons (Fsp3) is 0.222. The molecule has 0 aliphatic rings. The van der Waals surface area contributed by atoms with Crippen molar-refractivity contribution in [1.82, 2.24) is 0 Å². The van der Waals surface area contributed by atoms with Gasteiger partial charge in [-0.15, -0.1) is 0 Å². The lowest BCUT2D eigenvalue weighted by atomic mass is 10.1. The van der Waals surface area contributed by atoms with Crippen LogP contribution in [-0.4, -0.2) is 18.3 Å². The number of hydrogen-bond donors (Lipinski definition) is 1. The van der Waals surface area contributed by atoms with E-state index in [0.29, 0.717) is 19.6 Å². The monoisotopic (exact) mass is 312 g/mol. The molecule has 120 valence electrons. The predicted octanol–water partition coefficient (Wildman–Crippen LogP) is 2.69. The van der Waals surface area contributed by atoms with Crippen molar-refractivity contribution in [3.63, 3.8) is 0 Å². The lowest BCUT2D eigenvalue weighted by molar-refractivity contribution is -0.135. The largest absolute Gasteiger partial charge is 0.489 e. The Balaban J connectivity index is 1.92. The number of nitrogens with two attached hydrogens (primary N) is 1. The minimum Gasteiger partial charge on any atom is -0.489 e. The Bertz CT molecular complexity index is 652. The molecule has 0 aliphatic carbocycles. The number of carbonyl (C=O) groups is 1. The van der Waals surface area contributed by atoms with Crippen molar-refractivity contribution in [3.05, 3.63) is 65.7 Å². The van der Waals surface area contributed by atoms with Gasteiger partial charge < -0.3 is 15.3 Å². The number of hydrogen-bond acceptors (Lipinski definition) is 5. The molecule has 0 fully saturated rings. The first-order chi connectivity index (χ1) is 11.2. The van der Waals surface area contributed by atoms with E-state index in [2.05, 4.69) is 5.10 Å². The van der Waals surface area contributed by atoms with E-state index >= 15 is 0 Å². The summed E-state index contributed by atoms with van der Waals surface area (Å²) >= 11 is 0. The second-order valence-corrected chi connectivity index (χ2v) is 4.89. The molecule has 0 spiro atoms. The van der Waals surface area contributed by atoms with Crippen molar-refractivity contribution >= 4 is 11.7 Å². The van der Waals surface area contributed by atoms with Crippen LogP contribution < -0.4 is 10.6 Å². The van der Waals surface area contributed by atoms with Gasteiger partial charge in [-0.1, -0.05) is 42.5 Å². The number of ether oxygens (including phenoxy) is 2. The van der Waals surface area contributed by atoms with Gasteiger partial charge in [-0.25, -0.2) is 4.79 Å². The summed E-state index contributed by atoms with van der Waals surface area (Å²) in [5.41, 5.74) is 2.22. The molecule has 23 heavy (non-hydrogen) atoms. The average Bonchev–Trinajstić information content (AvgIpc) is 2.60. The van der Waals surface area contributed by atoms with Crippen LogP contribution in [0.25, 0.3) is 0 Å². The highest BCUT2D eigenvalue weighted by atomic mass is 16.5. The Morgan fingerprint density at radius 3 is 2.35 bits per heavy atom. The maximum absolute atomic E-state index is 11.6. The molecule has 0 amide bonds. The van der Waals surface area contributed by atoms with E-state index in [4.69, 9.17) is 15.3 Å². The third kappa shape index (κ3) is 5.14. The van der Waals surface area contributed by atoms with Gasteiger partial charge in [-0.2, -0.15) is 5.10 Å². The summed E-state index contributed by atoms with van der Waals surface area (Å²) in [6.07, 6.45) is 0.328. The molecule has 2 aromatic carbocycles. The van der Waals surface area contributed by atoms with Crippen molar-refractivity contribution in [1.29, 1.82) is 0 Å². The van der Waals surface area contributed by atoms with Crippen LogP contribution in [-0.2, 0) is 22.6 Å². The van der Waals surface area contributed by atoms with Gasteiger partial charge in [0.05, 0.1) is 6.61 Å². The van der Waals surface area contributed by atoms with Crippen LogP contribution in [0.3, 0.4) is 0 Å². The van der Waals surface area contributed by atoms with Gasteiger partial charge in [0.1, 0.15) is 18.1 Å². The van der Waals surface area contributed by atoms with Crippen LogP contribution in [0.5, 0.6) is 5.75 Å². The van der Waals surface area contributed by atoms with Crippen LogP contribution in [0.15, 0.2) is 59.7 Å². The standard InChI is InChI=1S/C18H20N2O3/c1-2-22-18(21)17(20-19)12-14-8-10-16(11-9-14)23-13-15-6-4-3-5-7-15/h3-11H,2,12-13,19H2,1H3/b20-17+. The van der Waals surface area contributed by atoms with Crippen LogP contribution in [0.1, 0.15) is 18.1 Å². The first-order valence-corrected chi connectivity index (χ1v) is 7.42. The van der Waals surface area contributed by atoms with Crippen molar-refractivity contribution in [3.8, 4) is 5.75 Å². The molecular formula is C18H20N2O3. The number of hydrazone groups is 1. The second kappa shape index (κ2) is 8.58. The van der Waals surface area contributed by atoms with E-state index in [-0.39, 0.29) is 5.71 Å². The molecule has 0 unspecified atom stereocenters. The Morgan fingerprint density at radius 2 is 1.74 bits per heavy atom. The van der Waals surface area contributed by atoms with Crippen molar-refractivity contribution in [2.24, 2.45) is 10.9 Å². The van der Waals surface area contributed by atoms with Crippen LogP contribution in [0, 0.1) is 0 Å². The lowest BCUT2D eigenvalue weighted by Gasteiger charge is -2.08. The van der Waals surface area contributed by atoms with E-state index in [1.807, 2.05) is 54.6 Å². The van der Waals surface area contributed by atoms with Crippen LogP contribution in [0.4, 0.5) is 0 Å². The fourth-order valence-corrected chi connectivity index (χ4v) is 2.02. The maximum atomic E-state index is 11.6. The molecule has 5 heteroatoms. The molecule has 0 heterocycles. The summed E-state index contributed by atoms with van der Waals surface area (Å²) in [5.74, 6) is 5.53. The zero-order valence-corrected chi connectivity index (χ0v) is 13.1. The van der Waals surface area contributed by atoms with Gasteiger partial charge in [0.2, 0.25) is 0 Å². The number of benzene rings is 2. The number of carbonyl (C=O) groups excluding carboxylic acids is 1. The molecule has 0 aromatic heterocycles. The first kappa shape index (κ1) is 16.5. The number of esters is 1. The topological polar surface area (TPSA) is 73.9 Å². The van der Waals surface area contributed by atoms with Gasteiger partial charge in [0.15, 0.2) is 0 Å². The summed E-state index contributed by atoms with van der Waals surface area (Å²) in [7, 11) is 0. The summed E-state index contributed by atoms with van der Waals surface area (Å²) in [6, 6.07) is 17.4. The third-order valence-corrected chi connectivity index (χ3v) is 3.21. The average molecular weight is 312 g/mol. The molecule has 0 atom stereocenters. The number of nitrogens with zero attached hydrogens (tertiary/aromatic N) is 1. The molecule has 2 N–H and O–H groups in total. The van der Waals surface area contributed by atoms with Gasteiger partial charge in [0, 0.05) is 6.42 Å². The zero-order chi connectivity index (χ0) is 16.5. The lowest BCUT2D eigenvalue weighted by Crippen LogP contribution is -2.21. The van der Waals surface area contributed by atoms with E-state index < -0.39 is 5.97 Å². The van der Waals surface area contributed by atoms with Gasteiger partial charge in [-0.3, -0.25) is 0 Å². The van der Waals surface area contributed by atoms with Crippen molar-refractivity contribution in [2.45, 2.75) is 20.0 Å². The summed E-state index contributed by atoms with van der Waals surface area (Å²) in [6.45, 7) is 2.55. The minimum atomic E-state index is -0.487. The quantitative estimate of drug-likeness (QED) is 0.369. The predicted molar refractivity (Wildman–Crippen MR) is 89.2 cm³/mol. The van der Waals surface area contributed by atoms with Crippen molar-refractivity contribution < 1.29 is 14.3 Å². The third-order valence-electron chi connectivity index (χ3n) is 3.21. The molecule has 0 saturated heterocycles. The summed E-state index contributed by atoms with van der Waals surface area (Å²) < 4.78 is 10.6. The molecule has 2 aromatic rings. The van der Waals surface area contributed by atoms with Crippen LogP contribution in [0.2, 0.25) is 0 Å². The van der Waals surface area contributed by atoms with Gasteiger partial charge in [-0.05, 0) is 30.2 Å². The highest BCUT2D eigenvalue weighted by molar-refractivity contribution is 6.36. The normalized spacial score (nSPS) is 11.1. The van der Waals surface area contributed by atoms with E-state index in [9.17, 15) is 4.79 Å². The maximum Gasteiger partial charge on any atom is 0.354 e. The van der Waals surface area contributed by atoms with E-state index in [1.54, 1.807) is 6.92 Å². The van der Waals surface area contributed by atoms with Gasteiger partial charge >= 0.3 is 5.97 Å². The Kier molecular flexibility index (Phi) is 6.17. The minimum absolute atomic E-state index is 0.199. The molecule has 0 bridgehead atoms. The zero-order valence-electron chi connectivity index (χ0n) is 13.1. The highest BCUT2D eigenvalue weighted by Gasteiger charge is 2.13. The smallest absolute Gasteiger partial charge is 0.354 e. The molecule has 0 aliphatic heterocycles. The molecule has 5 nitrogen and oxygen atoms in total. The number of rotatable bonds is 7. The summed E-state index contributed by atoms with van der Waals surface area (Å²) in [4.78, 5) is 11.6. The molecular weight excluding hydrogens is 292 g/mol. The SMILES string of the molecule is CCOC(=O)/C(Cc1ccc(OCc2ccccc2)cc1)=N/N. The Labute approximate surface area is 135 Å². The second-order valence-electron chi connectivity index (χ2n) is 4.89. The molecule has 0 radical (unpaired) electrons. The van der Waals surface area contributed by atoms with E-state index in [0.717, 1.165) is 16.9 Å². The van der Waals surface area contributed by atoms with E-state index in [1.165, 1.54) is 0 Å². The Hall–Kier alpha value is -2.82. The molecule has 0 saturated carbocycles. The highest BCUT2D eigenvalue weighted by Crippen LogP contribution is 2.15.